The van der Waals surface area contributed by atoms with E-state index in [4.69, 9.17) is 0 Å². The lowest BCUT2D eigenvalue weighted by atomic mass is 10.2. The van der Waals surface area contributed by atoms with Gasteiger partial charge in [0.15, 0.2) is 11.7 Å². The van der Waals surface area contributed by atoms with Crippen LogP contribution in [0.4, 0.5) is 11.4 Å². The van der Waals surface area contributed by atoms with Crippen LogP contribution < -0.4 is 10.2 Å². The zero-order valence-corrected chi connectivity index (χ0v) is 15.5. The van der Waals surface area contributed by atoms with Gasteiger partial charge in [0.25, 0.3) is 0 Å². The van der Waals surface area contributed by atoms with Gasteiger partial charge in [0, 0.05) is 31.7 Å². The lowest BCUT2D eigenvalue weighted by Gasteiger charge is -2.25. The Morgan fingerprint density at radius 2 is 2.24 bits per heavy atom. The van der Waals surface area contributed by atoms with Crippen molar-refractivity contribution in [3.05, 3.63) is 35.1 Å². The van der Waals surface area contributed by atoms with Crippen molar-refractivity contribution in [3.63, 3.8) is 0 Å². The number of benzene rings is 1. The fourth-order valence-electron chi connectivity index (χ4n) is 2.19. The fraction of sp³-hybridized carbons (Fsp3) is 0.286. The first-order valence-electron chi connectivity index (χ1n) is 6.52. The SMILES string of the molecule is CN(C)c1cccc(NC2=NC(Br)=CN3C2=NCC3I)c1. The van der Waals surface area contributed by atoms with Gasteiger partial charge >= 0.3 is 0 Å². The van der Waals surface area contributed by atoms with Gasteiger partial charge in [-0.05, 0) is 34.1 Å². The summed E-state index contributed by atoms with van der Waals surface area (Å²) < 4.78 is 1.14. The zero-order chi connectivity index (χ0) is 15.0. The maximum absolute atomic E-state index is 4.57. The number of alkyl halides is 1. The van der Waals surface area contributed by atoms with Crippen LogP contribution in [-0.2, 0) is 0 Å². The summed E-state index contributed by atoms with van der Waals surface area (Å²) in [4.78, 5) is 13.3. The van der Waals surface area contributed by atoms with Crippen molar-refractivity contribution in [2.24, 2.45) is 9.98 Å². The predicted molar refractivity (Wildman–Crippen MR) is 101 cm³/mol. The number of anilines is 2. The maximum atomic E-state index is 4.57. The number of fused-ring (bicyclic) bond motifs is 1. The summed E-state index contributed by atoms with van der Waals surface area (Å²) in [5.41, 5.74) is 2.14. The second-order valence-electron chi connectivity index (χ2n) is 4.99. The number of nitrogens with one attached hydrogen (secondary N) is 1. The van der Waals surface area contributed by atoms with E-state index >= 15 is 0 Å². The van der Waals surface area contributed by atoms with Gasteiger partial charge < -0.3 is 15.1 Å². The molecular weight excluding hydrogens is 445 g/mol. The number of aliphatic imine (C=N–C) groups is 2. The second-order valence-corrected chi connectivity index (χ2v) is 7.24. The second kappa shape index (κ2) is 5.96. The van der Waals surface area contributed by atoms with E-state index in [0.29, 0.717) is 4.05 Å². The lowest BCUT2D eigenvalue weighted by Crippen LogP contribution is -2.38. The standard InChI is InChI=1S/C14H15BrIN5/c1-20(2)10-5-3-4-9(6-10)18-13-14-17-7-12(16)21(14)8-11(15)19-13/h3-6,8,12H,7H2,1-2H3,(H,18,19). The smallest absolute Gasteiger partial charge is 0.174 e. The summed E-state index contributed by atoms with van der Waals surface area (Å²) in [6.45, 7) is 0.783. The van der Waals surface area contributed by atoms with Crippen molar-refractivity contribution in [3.8, 4) is 0 Å². The third kappa shape index (κ3) is 3.08. The highest BCUT2D eigenvalue weighted by Crippen LogP contribution is 2.26. The van der Waals surface area contributed by atoms with Crippen LogP contribution in [0.3, 0.4) is 0 Å². The minimum atomic E-state index is 0.338. The van der Waals surface area contributed by atoms with Crippen LogP contribution in [0.15, 0.2) is 45.1 Å². The van der Waals surface area contributed by atoms with Gasteiger partial charge in [0.05, 0.1) is 6.54 Å². The van der Waals surface area contributed by atoms with Gasteiger partial charge in [-0.1, -0.05) is 28.7 Å². The molecule has 7 heteroatoms. The highest BCUT2D eigenvalue weighted by atomic mass is 127. The van der Waals surface area contributed by atoms with E-state index in [1.807, 2.05) is 32.4 Å². The minimum Gasteiger partial charge on any atom is -0.378 e. The van der Waals surface area contributed by atoms with Crippen molar-refractivity contribution >= 4 is 61.6 Å². The van der Waals surface area contributed by atoms with Crippen molar-refractivity contribution in [1.29, 1.82) is 0 Å². The van der Waals surface area contributed by atoms with Crippen molar-refractivity contribution in [2.75, 3.05) is 30.9 Å². The zero-order valence-electron chi connectivity index (χ0n) is 11.7. The molecule has 1 aromatic rings. The van der Waals surface area contributed by atoms with Gasteiger partial charge in [0.1, 0.15) is 8.65 Å². The monoisotopic (exact) mass is 459 g/mol. The molecule has 0 aliphatic carbocycles. The minimum absolute atomic E-state index is 0.338. The van der Waals surface area contributed by atoms with Crippen LogP contribution in [0.2, 0.25) is 0 Å². The average molecular weight is 460 g/mol. The Labute approximate surface area is 146 Å². The molecule has 110 valence electrons. The molecule has 0 fully saturated rings. The van der Waals surface area contributed by atoms with Gasteiger partial charge in [-0.25, -0.2) is 4.99 Å². The molecule has 0 bridgehead atoms. The number of hydrogen-bond acceptors (Lipinski definition) is 5. The normalized spacial score (nSPS) is 20.5. The quantitative estimate of drug-likeness (QED) is 0.419. The molecule has 0 aromatic heterocycles. The van der Waals surface area contributed by atoms with Crippen LogP contribution in [0.1, 0.15) is 0 Å². The van der Waals surface area contributed by atoms with Crippen LogP contribution in [0, 0.1) is 0 Å². The third-order valence-electron chi connectivity index (χ3n) is 3.24. The highest BCUT2D eigenvalue weighted by molar-refractivity contribution is 14.1. The first-order chi connectivity index (χ1) is 10.0. The predicted octanol–water partition coefficient (Wildman–Crippen LogP) is 3.25. The van der Waals surface area contributed by atoms with E-state index in [9.17, 15) is 0 Å². The fourth-order valence-corrected chi connectivity index (χ4v) is 3.21. The molecule has 0 amide bonds. The Bertz CT molecular complexity index is 653. The summed E-state index contributed by atoms with van der Waals surface area (Å²) in [7, 11) is 4.06. The number of rotatable bonds is 2. The molecular formula is C14H15BrIN5. The van der Waals surface area contributed by atoms with Crippen molar-refractivity contribution < 1.29 is 0 Å². The molecule has 2 aliphatic rings. The number of amidine groups is 2. The first-order valence-corrected chi connectivity index (χ1v) is 8.56. The molecule has 21 heavy (non-hydrogen) atoms. The van der Waals surface area contributed by atoms with Crippen LogP contribution in [0.5, 0.6) is 0 Å². The molecule has 1 aromatic carbocycles. The molecule has 3 rings (SSSR count). The van der Waals surface area contributed by atoms with Gasteiger partial charge in [0.2, 0.25) is 0 Å². The van der Waals surface area contributed by atoms with Crippen LogP contribution in [-0.4, -0.2) is 41.3 Å². The van der Waals surface area contributed by atoms with E-state index in [-0.39, 0.29) is 0 Å². The Morgan fingerprint density at radius 1 is 1.43 bits per heavy atom. The maximum Gasteiger partial charge on any atom is 0.174 e. The number of halogens is 2. The van der Waals surface area contributed by atoms with Crippen molar-refractivity contribution in [2.45, 2.75) is 4.05 Å². The van der Waals surface area contributed by atoms with Crippen molar-refractivity contribution in [1.82, 2.24) is 4.90 Å². The van der Waals surface area contributed by atoms with Gasteiger partial charge in [-0.15, -0.1) is 0 Å². The Kier molecular flexibility index (Phi) is 4.21. The summed E-state index contributed by atoms with van der Waals surface area (Å²) in [5.74, 6) is 1.67. The molecule has 2 heterocycles. The molecule has 1 atom stereocenters. The van der Waals surface area contributed by atoms with E-state index in [0.717, 1.165) is 34.2 Å². The number of nitrogens with zero attached hydrogens (tertiary/aromatic N) is 4. The van der Waals surface area contributed by atoms with Gasteiger partial charge in [-0.3, -0.25) is 4.99 Å². The van der Waals surface area contributed by atoms with Gasteiger partial charge in [-0.2, -0.15) is 0 Å². The van der Waals surface area contributed by atoms with Crippen LogP contribution in [0.25, 0.3) is 0 Å². The summed E-state index contributed by atoms with van der Waals surface area (Å²) >= 11 is 5.86. The Balaban J connectivity index is 1.87. The average Bonchev–Trinajstić information content (AvgIpc) is 2.81. The highest BCUT2D eigenvalue weighted by Gasteiger charge is 2.30. The lowest BCUT2D eigenvalue weighted by molar-refractivity contribution is 0.588. The summed E-state index contributed by atoms with van der Waals surface area (Å²) in [5, 5.41) is 3.38. The first kappa shape index (κ1) is 14.8. The van der Waals surface area contributed by atoms with E-state index < -0.39 is 0 Å². The molecule has 2 aliphatic heterocycles. The van der Waals surface area contributed by atoms with Crippen LogP contribution >= 0.6 is 38.5 Å². The molecule has 0 radical (unpaired) electrons. The molecule has 1 unspecified atom stereocenters. The molecule has 5 nitrogen and oxygen atoms in total. The topological polar surface area (TPSA) is 43.2 Å². The molecule has 0 saturated carbocycles. The Hall–Kier alpha value is -1.09. The Morgan fingerprint density at radius 3 is 3.00 bits per heavy atom. The number of hydrogen-bond donors (Lipinski definition) is 1. The molecule has 0 spiro atoms. The van der Waals surface area contributed by atoms with E-state index in [2.05, 4.69) is 75.8 Å². The van der Waals surface area contributed by atoms with E-state index in [1.165, 1.54) is 0 Å². The largest absolute Gasteiger partial charge is 0.378 e. The summed E-state index contributed by atoms with van der Waals surface area (Å²) in [6, 6.07) is 8.23. The third-order valence-corrected chi connectivity index (χ3v) is 4.62. The molecule has 1 N–H and O–H groups in total. The summed E-state index contributed by atoms with van der Waals surface area (Å²) in [6.07, 6.45) is 1.98. The van der Waals surface area contributed by atoms with E-state index in [1.54, 1.807) is 0 Å². The molecule has 0 saturated heterocycles.